The zero-order valence-electron chi connectivity index (χ0n) is 11.5. The molecule has 3 nitrogen and oxygen atoms in total. The predicted molar refractivity (Wildman–Crippen MR) is 77.8 cm³/mol. The highest BCUT2D eigenvalue weighted by atomic mass is 15.2. The summed E-state index contributed by atoms with van der Waals surface area (Å²) < 4.78 is 2.25. The third-order valence-corrected chi connectivity index (χ3v) is 4.78. The fraction of sp³-hybridized carbons (Fsp3) is 0.562. The topological polar surface area (TPSA) is 43.8 Å². The molecule has 0 aliphatic heterocycles. The van der Waals surface area contributed by atoms with Gasteiger partial charge in [-0.2, -0.15) is 0 Å². The van der Waals surface area contributed by atoms with Crippen LogP contribution < -0.4 is 5.73 Å². The summed E-state index contributed by atoms with van der Waals surface area (Å²) in [5, 5.41) is 0. The highest BCUT2D eigenvalue weighted by Crippen LogP contribution is 2.50. The van der Waals surface area contributed by atoms with Gasteiger partial charge in [0.25, 0.3) is 0 Å². The summed E-state index contributed by atoms with van der Waals surface area (Å²) in [6.07, 6.45) is 5.69. The van der Waals surface area contributed by atoms with E-state index in [1.165, 1.54) is 36.8 Å². The van der Waals surface area contributed by atoms with Crippen LogP contribution in [0.5, 0.6) is 0 Å². The maximum absolute atomic E-state index is 6.14. The molecule has 2 aliphatic rings. The first-order valence-electron chi connectivity index (χ1n) is 7.45. The molecule has 1 aromatic carbocycles. The zero-order chi connectivity index (χ0) is 13.0. The molecule has 2 N–H and O–H groups in total. The molecule has 0 atom stereocenters. The van der Waals surface area contributed by atoms with Crippen molar-refractivity contribution in [1.82, 2.24) is 9.55 Å². The van der Waals surface area contributed by atoms with Crippen molar-refractivity contribution in [2.75, 3.05) is 5.73 Å². The number of fused-ring (bicyclic) bond motifs is 1. The van der Waals surface area contributed by atoms with Crippen LogP contribution in [0.3, 0.4) is 0 Å². The summed E-state index contributed by atoms with van der Waals surface area (Å²) >= 11 is 0. The molecule has 100 valence electrons. The van der Waals surface area contributed by atoms with Gasteiger partial charge in [0.1, 0.15) is 0 Å². The summed E-state index contributed by atoms with van der Waals surface area (Å²) in [5.74, 6) is 3.43. The van der Waals surface area contributed by atoms with Crippen molar-refractivity contribution < 1.29 is 0 Å². The van der Waals surface area contributed by atoms with E-state index in [2.05, 4.69) is 34.7 Å². The Morgan fingerprint density at radius 1 is 1.26 bits per heavy atom. The second kappa shape index (κ2) is 3.99. The molecule has 4 rings (SSSR count). The molecule has 2 fully saturated rings. The first kappa shape index (κ1) is 11.3. The number of aryl methyl sites for hydroxylation is 1. The number of rotatable bonds is 4. The maximum Gasteiger partial charge on any atom is 0.201 e. The number of aromatic nitrogens is 2. The van der Waals surface area contributed by atoms with Crippen LogP contribution in [0, 0.1) is 24.7 Å². The predicted octanol–water partition coefficient (Wildman–Crippen LogP) is 3.36. The minimum absolute atomic E-state index is 0.687. The number of nitrogens with two attached hydrogens (primary N) is 1. The number of anilines is 1. The van der Waals surface area contributed by atoms with E-state index in [-0.39, 0.29) is 0 Å². The van der Waals surface area contributed by atoms with E-state index in [0.29, 0.717) is 5.95 Å². The molecule has 0 bridgehead atoms. The standard InChI is InChI=1S/C16H21N3/c1-10-2-7-15-14(8-10)18-16(17)19(15)9-13(11-3-4-11)12-5-6-12/h2,7-8,11-13H,3-6,9H2,1H3,(H2,17,18). The molecule has 2 aliphatic carbocycles. The van der Waals surface area contributed by atoms with Gasteiger partial charge in [0.15, 0.2) is 0 Å². The third-order valence-electron chi connectivity index (χ3n) is 4.78. The van der Waals surface area contributed by atoms with Crippen molar-refractivity contribution in [3.8, 4) is 0 Å². The SMILES string of the molecule is Cc1ccc2c(c1)nc(N)n2CC(C1CC1)C1CC1. The Labute approximate surface area is 113 Å². The van der Waals surface area contributed by atoms with Crippen LogP contribution in [-0.4, -0.2) is 9.55 Å². The molecular weight excluding hydrogens is 234 g/mol. The van der Waals surface area contributed by atoms with E-state index >= 15 is 0 Å². The second-order valence-electron chi connectivity index (χ2n) is 6.41. The molecule has 2 aromatic rings. The fourth-order valence-corrected chi connectivity index (χ4v) is 3.39. The first-order chi connectivity index (χ1) is 9.22. The lowest BCUT2D eigenvalue weighted by molar-refractivity contribution is 0.355. The largest absolute Gasteiger partial charge is 0.369 e. The molecule has 19 heavy (non-hydrogen) atoms. The first-order valence-corrected chi connectivity index (χ1v) is 7.45. The van der Waals surface area contributed by atoms with Crippen LogP contribution in [-0.2, 0) is 6.54 Å². The quantitative estimate of drug-likeness (QED) is 0.910. The van der Waals surface area contributed by atoms with Crippen LogP contribution in [0.4, 0.5) is 5.95 Å². The zero-order valence-corrected chi connectivity index (χ0v) is 11.5. The van der Waals surface area contributed by atoms with Gasteiger partial charge in [-0.25, -0.2) is 4.98 Å². The number of hydrogen-bond donors (Lipinski definition) is 1. The van der Waals surface area contributed by atoms with Crippen molar-refractivity contribution in [2.45, 2.75) is 39.2 Å². The van der Waals surface area contributed by atoms with Crippen LogP contribution in [0.1, 0.15) is 31.2 Å². The van der Waals surface area contributed by atoms with E-state index in [9.17, 15) is 0 Å². The van der Waals surface area contributed by atoms with E-state index < -0.39 is 0 Å². The minimum Gasteiger partial charge on any atom is -0.369 e. The van der Waals surface area contributed by atoms with Gasteiger partial charge in [-0.15, -0.1) is 0 Å². The Morgan fingerprint density at radius 2 is 1.95 bits per heavy atom. The Morgan fingerprint density at radius 3 is 2.58 bits per heavy atom. The molecule has 2 saturated carbocycles. The van der Waals surface area contributed by atoms with E-state index in [1.54, 1.807) is 0 Å². The van der Waals surface area contributed by atoms with Crippen LogP contribution in [0.15, 0.2) is 18.2 Å². The molecule has 1 aromatic heterocycles. The Balaban J connectivity index is 1.71. The monoisotopic (exact) mass is 255 g/mol. The van der Waals surface area contributed by atoms with Crippen molar-refractivity contribution in [3.63, 3.8) is 0 Å². The smallest absolute Gasteiger partial charge is 0.201 e. The fourth-order valence-electron chi connectivity index (χ4n) is 3.39. The summed E-state index contributed by atoms with van der Waals surface area (Å²) in [6, 6.07) is 6.46. The average molecular weight is 255 g/mol. The van der Waals surface area contributed by atoms with Crippen LogP contribution in [0.2, 0.25) is 0 Å². The molecule has 3 heteroatoms. The van der Waals surface area contributed by atoms with Gasteiger partial charge >= 0.3 is 0 Å². The van der Waals surface area contributed by atoms with Gasteiger partial charge in [-0.05, 0) is 68.1 Å². The lowest BCUT2D eigenvalue weighted by Crippen LogP contribution is -2.16. The Hall–Kier alpha value is -1.51. The summed E-state index contributed by atoms with van der Waals surface area (Å²) in [6.45, 7) is 3.17. The highest BCUT2D eigenvalue weighted by molar-refractivity contribution is 5.79. The third kappa shape index (κ3) is 2.01. The average Bonchev–Trinajstić information content (AvgIpc) is 3.24. The number of nitrogen functional groups attached to an aromatic ring is 1. The van der Waals surface area contributed by atoms with Crippen LogP contribution in [0.25, 0.3) is 11.0 Å². The van der Waals surface area contributed by atoms with Crippen LogP contribution >= 0.6 is 0 Å². The number of benzene rings is 1. The Bertz CT molecular complexity index is 608. The summed E-state index contributed by atoms with van der Waals surface area (Å²) in [4.78, 5) is 4.53. The normalized spacial score (nSPS) is 19.5. The van der Waals surface area contributed by atoms with Gasteiger partial charge < -0.3 is 10.3 Å². The highest BCUT2D eigenvalue weighted by Gasteiger charge is 2.41. The van der Waals surface area contributed by atoms with E-state index in [4.69, 9.17) is 5.73 Å². The van der Waals surface area contributed by atoms with Gasteiger partial charge in [0, 0.05) is 6.54 Å². The molecule has 0 amide bonds. The van der Waals surface area contributed by atoms with Gasteiger partial charge in [-0.1, -0.05) is 6.07 Å². The molecule has 0 spiro atoms. The minimum atomic E-state index is 0.687. The molecule has 0 radical (unpaired) electrons. The van der Waals surface area contributed by atoms with Gasteiger partial charge in [0.2, 0.25) is 5.95 Å². The Kier molecular flexibility index (Phi) is 2.38. The summed E-state index contributed by atoms with van der Waals surface area (Å²) in [7, 11) is 0. The molecule has 0 unspecified atom stereocenters. The van der Waals surface area contributed by atoms with Gasteiger partial charge in [0.05, 0.1) is 11.0 Å². The number of nitrogens with zero attached hydrogens (tertiary/aromatic N) is 2. The van der Waals surface area contributed by atoms with Crippen molar-refractivity contribution >= 4 is 17.0 Å². The van der Waals surface area contributed by atoms with Gasteiger partial charge in [-0.3, -0.25) is 0 Å². The van der Waals surface area contributed by atoms with Crippen molar-refractivity contribution in [1.29, 1.82) is 0 Å². The molecule has 1 heterocycles. The van der Waals surface area contributed by atoms with Crippen molar-refractivity contribution in [2.24, 2.45) is 17.8 Å². The lowest BCUT2D eigenvalue weighted by Gasteiger charge is -2.17. The second-order valence-corrected chi connectivity index (χ2v) is 6.41. The van der Waals surface area contributed by atoms with Crippen molar-refractivity contribution in [3.05, 3.63) is 23.8 Å². The summed E-state index contributed by atoms with van der Waals surface area (Å²) in [5.41, 5.74) is 9.64. The molecular formula is C16H21N3. The van der Waals surface area contributed by atoms with E-state index in [1.807, 2.05) is 0 Å². The molecule has 0 saturated heterocycles. The lowest BCUT2D eigenvalue weighted by atomic mass is 9.98. The van der Waals surface area contributed by atoms with E-state index in [0.717, 1.165) is 29.8 Å². The maximum atomic E-state index is 6.14. The number of hydrogen-bond acceptors (Lipinski definition) is 2. The number of imidazole rings is 1.